The summed E-state index contributed by atoms with van der Waals surface area (Å²) in [6.45, 7) is 0.673. The number of anilines is 1. The maximum atomic E-state index is 5.27. The van der Waals surface area contributed by atoms with E-state index in [2.05, 4.69) is 21.2 Å². The molecule has 2 aromatic rings. The maximum Gasteiger partial charge on any atom is 0.133 e. The van der Waals surface area contributed by atoms with Gasteiger partial charge in [-0.1, -0.05) is 0 Å². The van der Waals surface area contributed by atoms with Crippen LogP contribution in [0.2, 0.25) is 0 Å². The highest BCUT2D eigenvalue weighted by Gasteiger charge is 2.04. The van der Waals surface area contributed by atoms with E-state index in [9.17, 15) is 0 Å². The molecule has 4 nitrogen and oxygen atoms in total. The average molecular weight is 352 g/mol. The van der Waals surface area contributed by atoms with Gasteiger partial charge in [0.25, 0.3) is 0 Å². The van der Waals surface area contributed by atoms with E-state index in [0.29, 0.717) is 6.54 Å². The minimum atomic E-state index is 0.673. The lowest BCUT2D eigenvalue weighted by atomic mass is 10.2. The number of hydrogen-bond donors (Lipinski definition) is 1. The lowest BCUT2D eigenvalue weighted by Crippen LogP contribution is -2.00. The number of halogens is 1. The Labute approximate surface area is 133 Å². The van der Waals surface area contributed by atoms with Crippen molar-refractivity contribution in [3.8, 4) is 17.2 Å². The van der Waals surface area contributed by atoms with Gasteiger partial charge in [0.15, 0.2) is 0 Å². The molecule has 0 aromatic heterocycles. The minimum absolute atomic E-state index is 0.673. The van der Waals surface area contributed by atoms with Crippen LogP contribution >= 0.6 is 15.9 Å². The maximum absolute atomic E-state index is 5.27. The van der Waals surface area contributed by atoms with Gasteiger partial charge in [0.1, 0.15) is 17.2 Å². The smallest absolute Gasteiger partial charge is 0.133 e. The molecule has 0 amide bonds. The van der Waals surface area contributed by atoms with Gasteiger partial charge in [-0.3, -0.25) is 0 Å². The van der Waals surface area contributed by atoms with E-state index in [-0.39, 0.29) is 0 Å². The third-order valence-electron chi connectivity index (χ3n) is 3.06. The van der Waals surface area contributed by atoms with Gasteiger partial charge in [0, 0.05) is 18.3 Å². The van der Waals surface area contributed by atoms with Crippen LogP contribution in [0.15, 0.2) is 40.9 Å². The van der Waals surface area contributed by atoms with Crippen LogP contribution in [0.5, 0.6) is 17.2 Å². The normalized spacial score (nSPS) is 10.1. The molecule has 0 bridgehead atoms. The third-order valence-corrected chi connectivity index (χ3v) is 3.68. The Morgan fingerprint density at radius 2 is 1.57 bits per heavy atom. The highest BCUT2D eigenvalue weighted by atomic mass is 79.9. The molecule has 0 aliphatic carbocycles. The average Bonchev–Trinajstić information content (AvgIpc) is 2.52. The molecule has 0 unspecified atom stereocenters. The van der Waals surface area contributed by atoms with Crippen LogP contribution in [0.25, 0.3) is 0 Å². The summed E-state index contributed by atoms with van der Waals surface area (Å²) < 4.78 is 16.7. The molecule has 2 rings (SSSR count). The van der Waals surface area contributed by atoms with Gasteiger partial charge in [-0.25, -0.2) is 0 Å². The standard InChI is InChI=1S/C16H18BrNO3/c1-19-13-6-11(7-14(9-13)20-2)10-18-12-4-5-16(21-3)15(17)8-12/h4-9,18H,10H2,1-3H3. The third kappa shape index (κ3) is 4.04. The highest BCUT2D eigenvalue weighted by Crippen LogP contribution is 2.28. The first-order chi connectivity index (χ1) is 10.2. The Morgan fingerprint density at radius 1 is 0.905 bits per heavy atom. The number of rotatable bonds is 6. The minimum Gasteiger partial charge on any atom is -0.497 e. The van der Waals surface area contributed by atoms with Crippen LogP contribution in [0.1, 0.15) is 5.56 Å². The molecule has 112 valence electrons. The molecule has 0 heterocycles. The second-order valence-corrected chi connectivity index (χ2v) is 5.28. The van der Waals surface area contributed by atoms with E-state index in [4.69, 9.17) is 14.2 Å². The molecule has 2 aromatic carbocycles. The number of ether oxygens (including phenoxy) is 3. The summed E-state index contributed by atoms with van der Waals surface area (Å²) in [5.41, 5.74) is 2.09. The zero-order valence-electron chi connectivity index (χ0n) is 12.3. The molecule has 1 N–H and O–H groups in total. The zero-order valence-corrected chi connectivity index (χ0v) is 13.9. The van der Waals surface area contributed by atoms with E-state index in [1.165, 1.54) is 0 Å². The topological polar surface area (TPSA) is 39.7 Å². The van der Waals surface area contributed by atoms with Gasteiger partial charge in [0.2, 0.25) is 0 Å². The van der Waals surface area contributed by atoms with Crippen LogP contribution in [-0.2, 0) is 6.54 Å². The number of hydrogen-bond acceptors (Lipinski definition) is 4. The fourth-order valence-electron chi connectivity index (χ4n) is 1.95. The zero-order chi connectivity index (χ0) is 15.2. The molecule has 0 atom stereocenters. The summed E-state index contributed by atoms with van der Waals surface area (Å²) in [4.78, 5) is 0. The Kier molecular flexibility index (Phi) is 5.33. The van der Waals surface area contributed by atoms with Crippen LogP contribution in [0, 0.1) is 0 Å². The number of nitrogens with one attached hydrogen (secondary N) is 1. The van der Waals surface area contributed by atoms with Crippen molar-refractivity contribution in [3.63, 3.8) is 0 Å². The van der Waals surface area contributed by atoms with Gasteiger partial charge in [-0.2, -0.15) is 0 Å². The molecule has 0 spiro atoms. The molecule has 0 fully saturated rings. The highest BCUT2D eigenvalue weighted by molar-refractivity contribution is 9.10. The summed E-state index contributed by atoms with van der Waals surface area (Å²) in [5.74, 6) is 2.37. The lowest BCUT2D eigenvalue weighted by Gasteiger charge is -2.11. The summed E-state index contributed by atoms with van der Waals surface area (Å²) in [7, 11) is 4.94. The van der Waals surface area contributed by atoms with E-state index < -0.39 is 0 Å². The van der Waals surface area contributed by atoms with Crippen molar-refractivity contribution in [1.82, 2.24) is 0 Å². The van der Waals surface area contributed by atoms with Crippen LogP contribution < -0.4 is 19.5 Å². The molecule has 0 radical (unpaired) electrons. The monoisotopic (exact) mass is 351 g/mol. The van der Waals surface area contributed by atoms with Crippen molar-refractivity contribution in [1.29, 1.82) is 0 Å². The Bertz CT molecular complexity index is 594. The molecular weight excluding hydrogens is 334 g/mol. The number of benzene rings is 2. The first-order valence-corrected chi connectivity index (χ1v) is 7.25. The van der Waals surface area contributed by atoms with Crippen molar-refractivity contribution in [2.45, 2.75) is 6.54 Å². The van der Waals surface area contributed by atoms with Gasteiger partial charge in [-0.05, 0) is 51.8 Å². The predicted molar refractivity (Wildman–Crippen MR) is 87.6 cm³/mol. The predicted octanol–water partition coefficient (Wildman–Crippen LogP) is 4.09. The van der Waals surface area contributed by atoms with Gasteiger partial charge < -0.3 is 19.5 Å². The van der Waals surface area contributed by atoms with Crippen LogP contribution in [0.4, 0.5) is 5.69 Å². The summed E-state index contributed by atoms with van der Waals surface area (Å²) in [6, 6.07) is 11.7. The Morgan fingerprint density at radius 3 is 2.10 bits per heavy atom. The largest absolute Gasteiger partial charge is 0.497 e. The summed E-state index contributed by atoms with van der Waals surface area (Å²) >= 11 is 3.47. The molecule has 0 aliphatic heterocycles. The Balaban J connectivity index is 2.10. The van der Waals surface area contributed by atoms with E-state index >= 15 is 0 Å². The number of methoxy groups -OCH3 is 3. The van der Waals surface area contributed by atoms with Crippen molar-refractivity contribution in [3.05, 3.63) is 46.4 Å². The molecular formula is C16H18BrNO3. The molecule has 5 heteroatoms. The molecule has 0 aliphatic rings. The first kappa shape index (κ1) is 15.5. The van der Waals surface area contributed by atoms with E-state index in [1.54, 1.807) is 21.3 Å². The van der Waals surface area contributed by atoms with Crippen molar-refractivity contribution >= 4 is 21.6 Å². The van der Waals surface area contributed by atoms with E-state index in [0.717, 1.165) is 33.0 Å². The second kappa shape index (κ2) is 7.22. The quantitative estimate of drug-likeness (QED) is 0.850. The Hall–Kier alpha value is -1.88. The molecule has 0 saturated heterocycles. The fraction of sp³-hybridized carbons (Fsp3) is 0.250. The van der Waals surface area contributed by atoms with Gasteiger partial charge >= 0.3 is 0 Å². The van der Waals surface area contributed by atoms with Gasteiger partial charge in [-0.15, -0.1) is 0 Å². The second-order valence-electron chi connectivity index (χ2n) is 4.42. The van der Waals surface area contributed by atoms with Gasteiger partial charge in [0.05, 0.1) is 25.8 Å². The van der Waals surface area contributed by atoms with Crippen LogP contribution in [-0.4, -0.2) is 21.3 Å². The van der Waals surface area contributed by atoms with Crippen molar-refractivity contribution in [2.24, 2.45) is 0 Å². The SMILES string of the molecule is COc1cc(CNc2ccc(OC)c(Br)c2)cc(OC)c1. The van der Waals surface area contributed by atoms with Crippen molar-refractivity contribution in [2.75, 3.05) is 26.6 Å². The van der Waals surface area contributed by atoms with Crippen LogP contribution in [0.3, 0.4) is 0 Å². The van der Waals surface area contributed by atoms with E-state index in [1.807, 2.05) is 36.4 Å². The molecule has 0 saturated carbocycles. The lowest BCUT2D eigenvalue weighted by molar-refractivity contribution is 0.393. The first-order valence-electron chi connectivity index (χ1n) is 6.45. The summed E-state index contributed by atoms with van der Waals surface area (Å²) in [5, 5.41) is 3.36. The summed E-state index contributed by atoms with van der Waals surface area (Å²) in [6.07, 6.45) is 0. The molecule has 21 heavy (non-hydrogen) atoms. The van der Waals surface area contributed by atoms with Crippen molar-refractivity contribution < 1.29 is 14.2 Å². The fourth-order valence-corrected chi connectivity index (χ4v) is 2.49.